The number of ether oxygens (including phenoxy) is 2. The van der Waals surface area contributed by atoms with Gasteiger partial charge in [0, 0.05) is 11.8 Å². The van der Waals surface area contributed by atoms with Gasteiger partial charge in [0.1, 0.15) is 10.6 Å². The van der Waals surface area contributed by atoms with E-state index in [1.165, 1.54) is 41.5 Å². The van der Waals surface area contributed by atoms with Crippen molar-refractivity contribution in [2.45, 2.75) is 4.34 Å². The molecule has 146 valence electrons. The number of anilines is 3. The van der Waals surface area contributed by atoms with Crippen LogP contribution in [-0.4, -0.2) is 42.0 Å². The summed E-state index contributed by atoms with van der Waals surface area (Å²) in [6.45, 7) is 0. The molecule has 0 bridgehead atoms. The molecular weight excluding hydrogens is 420 g/mol. The topological polar surface area (TPSA) is 102 Å². The molecule has 3 rings (SSSR count). The molecule has 2 N–H and O–H groups in total. The number of benzene rings is 1. The second kappa shape index (κ2) is 9.53. The Morgan fingerprint density at radius 3 is 2.86 bits per heavy atom. The number of nitrogens with one attached hydrogen (secondary N) is 2. The van der Waals surface area contributed by atoms with Gasteiger partial charge in [-0.3, -0.25) is 4.79 Å². The molecule has 0 fully saturated rings. The van der Waals surface area contributed by atoms with Gasteiger partial charge in [-0.15, -0.1) is 21.5 Å². The summed E-state index contributed by atoms with van der Waals surface area (Å²) in [5, 5.41) is 16.3. The summed E-state index contributed by atoms with van der Waals surface area (Å²) in [5.74, 6) is 0.159. The number of rotatable bonds is 8. The fraction of sp³-hybridized carbons (Fsp3) is 0.176. The van der Waals surface area contributed by atoms with E-state index in [0.29, 0.717) is 20.0 Å². The lowest BCUT2D eigenvalue weighted by molar-refractivity contribution is -0.113. The molecule has 0 spiro atoms. The molecule has 0 unspecified atom stereocenters. The minimum absolute atomic E-state index is 0.143. The Hall–Kier alpha value is -2.63. The third-order valence-corrected chi connectivity index (χ3v) is 6.23. The predicted octanol–water partition coefficient (Wildman–Crippen LogP) is 3.87. The highest BCUT2D eigenvalue weighted by Crippen LogP contribution is 2.29. The number of thiophene rings is 1. The molecular formula is C17H16N4O4S3. The number of nitrogens with zero attached hydrogens (tertiary/aromatic N) is 2. The lowest BCUT2D eigenvalue weighted by Gasteiger charge is -2.04. The number of aromatic nitrogens is 2. The van der Waals surface area contributed by atoms with E-state index in [9.17, 15) is 9.59 Å². The van der Waals surface area contributed by atoms with Crippen LogP contribution in [0.1, 0.15) is 9.67 Å². The van der Waals surface area contributed by atoms with Crippen molar-refractivity contribution in [3.05, 3.63) is 40.6 Å². The van der Waals surface area contributed by atoms with E-state index in [0.717, 1.165) is 11.4 Å². The van der Waals surface area contributed by atoms with E-state index in [4.69, 9.17) is 9.47 Å². The molecule has 0 saturated heterocycles. The summed E-state index contributed by atoms with van der Waals surface area (Å²) in [7, 11) is 2.91. The maximum absolute atomic E-state index is 12.2. The normalized spacial score (nSPS) is 10.4. The van der Waals surface area contributed by atoms with Crippen molar-refractivity contribution in [2.24, 2.45) is 0 Å². The maximum atomic E-state index is 12.2. The highest BCUT2D eigenvalue weighted by Gasteiger charge is 2.16. The van der Waals surface area contributed by atoms with Crippen LogP contribution in [-0.2, 0) is 9.53 Å². The molecule has 8 nitrogen and oxygen atoms in total. The van der Waals surface area contributed by atoms with Crippen LogP contribution in [0.4, 0.5) is 16.5 Å². The highest BCUT2D eigenvalue weighted by atomic mass is 32.2. The standard InChI is InChI=1S/C17H16N4O4S3/c1-24-11-5-3-4-10(8-11)18-16-20-21-17(28-16)27-9-13(22)19-12-6-7-26-14(12)15(23)25-2/h3-8H,9H2,1-2H3,(H,18,20)(H,19,22). The molecule has 0 aliphatic rings. The van der Waals surface area contributed by atoms with Crippen molar-refractivity contribution in [2.75, 3.05) is 30.6 Å². The van der Waals surface area contributed by atoms with E-state index in [-0.39, 0.29) is 11.7 Å². The number of hydrogen-bond acceptors (Lipinski definition) is 10. The van der Waals surface area contributed by atoms with Gasteiger partial charge in [0.15, 0.2) is 4.34 Å². The van der Waals surface area contributed by atoms with E-state index in [1.807, 2.05) is 24.3 Å². The Morgan fingerprint density at radius 1 is 1.21 bits per heavy atom. The minimum Gasteiger partial charge on any atom is -0.497 e. The Kier molecular flexibility index (Phi) is 6.85. The van der Waals surface area contributed by atoms with Crippen LogP contribution in [0.3, 0.4) is 0 Å². The summed E-state index contributed by atoms with van der Waals surface area (Å²) >= 11 is 3.82. The van der Waals surface area contributed by atoms with Crippen molar-refractivity contribution in [3.63, 3.8) is 0 Å². The van der Waals surface area contributed by atoms with Gasteiger partial charge in [-0.2, -0.15) is 0 Å². The molecule has 0 aliphatic heterocycles. The summed E-state index contributed by atoms with van der Waals surface area (Å²) < 4.78 is 10.5. The lowest BCUT2D eigenvalue weighted by atomic mass is 10.3. The van der Waals surface area contributed by atoms with Gasteiger partial charge >= 0.3 is 5.97 Å². The third-order valence-electron chi connectivity index (χ3n) is 3.36. The zero-order valence-corrected chi connectivity index (χ0v) is 17.4. The maximum Gasteiger partial charge on any atom is 0.350 e. The molecule has 0 atom stereocenters. The molecule has 2 heterocycles. The van der Waals surface area contributed by atoms with Crippen LogP contribution in [0.15, 0.2) is 40.1 Å². The Balaban J connectivity index is 1.53. The summed E-state index contributed by atoms with van der Waals surface area (Å²) in [6.07, 6.45) is 0. The molecule has 28 heavy (non-hydrogen) atoms. The minimum atomic E-state index is -0.477. The molecule has 0 radical (unpaired) electrons. The van der Waals surface area contributed by atoms with Gasteiger partial charge in [0.2, 0.25) is 11.0 Å². The average Bonchev–Trinajstić information content (AvgIpc) is 3.35. The lowest BCUT2D eigenvalue weighted by Crippen LogP contribution is -2.15. The van der Waals surface area contributed by atoms with E-state index in [1.54, 1.807) is 18.6 Å². The van der Waals surface area contributed by atoms with Crippen LogP contribution >= 0.6 is 34.4 Å². The van der Waals surface area contributed by atoms with Gasteiger partial charge in [-0.25, -0.2) is 4.79 Å². The molecule has 0 saturated carbocycles. The van der Waals surface area contributed by atoms with Gasteiger partial charge in [-0.1, -0.05) is 29.2 Å². The number of carbonyl (C=O) groups excluding carboxylic acids is 2. The number of methoxy groups -OCH3 is 2. The largest absolute Gasteiger partial charge is 0.497 e. The van der Waals surface area contributed by atoms with Gasteiger partial charge in [0.05, 0.1) is 25.7 Å². The molecule has 0 aliphatic carbocycles. The van der Waals surface area contributed by atoms with Crippen LogP contribution in [0.2, 0.25) is 0 Å². The van der Waals surface area contributed by atoms with Gasteiger partial charge in [0.25, 0.3) is 0 Å². The van der Waals surface area contributed by atoms with Crippen molar-refractivity contribution in [1.82, 2.24) is 10.2 Å². The number of hydrogen-bond donors (Lipinski definition) is 2. The first-order valence-corrected chi connectivity index (χ1v) is 10.6. The summed E-state index contributed by atoms with van der Waals surface area (Å²) in [4.78, 5) is 24.2. The first kappa shape index (κ1) is 20.1. The third kappa shape index (κ3) is 5.21. The van der Waals surface area contributed by atoms with Crippen LogP contribution in [0.5, 0.6) is 5.75 Å². The van der Waals surface area contributed by atoms with E-state index >= 15 is 0 Å². The Morgan fingerprint density at radius 2 is 2.07 bits per heavy atom. The fourth-order valence-corrected chi connectivity index (χ4v) is 4.45. The van der Waals surface area contributed by atoms with Crippen LogP contribution in [0, 0.1) is 0 Å². The average molecular weight is 437 g/mol. The quantitative estimate of drug-likeness (QED) is 0.405. The Labute approximate surface area is 173 Å². The van der Waals surface area contributed by atoms with Crippen molar-refractivity contribution in [3.8, 4) is 5.75 Å². The number of amides is 1. The van der Waals surface area contributed by atoms with Crippen LogP contribution in [0.25, 0.3) is 0 Å². The Bertz CT molecular complexity index is 973. The molecule has 1 aromatic carbocycles. The van der Waals surface area contributed by atoms with E-state index < -0.39 is 5.97 Å². The van der Waals surface area contributed by atoms with Crippen molar-refractivity contribution < 1.29 is 19.1 Å². The molecule has 1 amide bonds. The first-order chi connectivity index (χ1) is 13.6. The fourth-order valence-electron chi connectivity index (χ4n) is 2.11. The number of esters is 1. The molecule has 3 aromatic rings. The predicted molar refractivity (Wildman–Crippen MR) is 111 cm³/mol. The van der Waals surface area contributed by atoms with Gasteiger partial charge < -0.3 is 20.1 Å². The second-order valence-corrected chi connectivity index (χ2v) is 8.34. The summed E-state index contributed by atoms with van der Waals surface area (Å²) in [5.41, 5.74) is 1.28. The number of thioether (sulfide) groups is 1. The van der Waals surface area contributed by atoms with Gasteiger partial charge in [-0.05, 0) is 23.6 Å². The zero-order chi connectivity index (χ0) is 19.9. The van der Waals surface area contributed by atoms with E-state index in [2.05, 4.69) is 20.8 Å². The first-order valence-electron chi connectivity index (χ1n) is 7.92. The SMILES string of the molecule is COC(=O)c1sccc1NC(=O)CSc1nnc(Nc2cccc(OC)c2)s1. The van der Waals surface area contributed by atoms with Crippen molar-refractivity contribution in [1.29, 1.82) is 0 Å². The van der Waals surface area contributed by atoms with Crippen LogP contribution < -0.4 is 15.4 Å². The highest BCUT2D eigenvalue weighted by molar-refractivity contribution is 8.01. The molecule has 2 aromatic heterocycles. The summed E-state index contributed by atoms with van der Waals surface area (Å²) in [6, 6.07) is 9.13. The van der Waals surface area contributed by atoms with Crippen molar-refractivity contribution >= 4 is 62.8 Å². The number of carbonyl (C=O) groups is 2. The second-order valence-electron chi connectivity index (χ2n) is 5.22. The molecule has 11 heteroatoms. The zero-order valence-electron chi connectivity index (χ0n) is 14.9. The monoisotopic (exact) mass is 436 g/mol. The smallest absolute Gasteiger partial charge is 0.350 e.